The number of carbonyl (C=O) groups excluding carboxylic acids is 2. The molecule has 10 nitrogen and oxygen atoms in total. The van der Waals surface area contributed by atoms with Gasteiger partial charge in [0.15, 0.2) is 0 Å². The molecule has 0 bridgehead atoms. The van der Waals surface area contributed by atoms with Crippen LogP contribution in [0, 0.1) is 12.7 Å². The molecule has 4 aromatic rings. The minimum absolute atomic E-state index is 0.0663. The summed E-state index contributed by atoms with van der Waals surface area (Å²) in [6, 6.07) is 15.3. The molecule has 2 aliphatic heterocycles. The van der Waals surface area contributed by atoms with Gasteiger partial charge in [-0.05, 0) is 66.8 Å². The normalized spacial score (nSPS) is 16.2. The lowest BCUT2D eigenvalue weighted by Gasteiger charge is -2.40. The van der Waals surface area contributed by atoms with E-state index in [0.717, 1.165) is 40.2 Å². The highest BCUT2D eigenvalue weighted by Gasteiger charge is 2.34. The molecule has 0 radical (unpaired) electrons. The third kappa shape index (κ3) is 7.82. The quantitative estimate of drug-likeness (QED) is 0.144. The van der Waals surface area contributed by atoms with Gasteiger partial charge >= 0.3 is 12.1 Å². The highest BCUT2D eigenvalue weighted by Crippen LogP contribution is 2.31. The second kappa shape index (κ2) is 13.8. The molecule has 1 unspecified atom stereocenters. The molecule has 0 saturated carbocycles. The van der Waals surface area contributed by atoms with Gasteiger partial charge < -0.3 is 24.6 Å². The van der Waals surface area contributed by atoms with Crippen LogP contribution in [-0.4, -0.2) is 70.5 Å². The number of rotatable bonds is 10. The van der Waals surface area contributed by atoms with Gasteiger partial charge in [0.05, 0.1) is 16.9 Å². The van der Waals surface area contributed by atoms with Crippen LogP contribution in [0.25, 0.3) is 10.9 Å². The first-order chi connectivity index (χ1) is 22.5. The molecule has 1 N–H and O–H groups in total. The number of urea groups is 1. The minimum Gasteiger partial charge on any atom is -0.439 e. The summed E-state index contributed by atoms with van der Waals surface area (Å²) in [6.07, 6.45) is 4.37. The molecule has 2 aromatic heterocycles. The molecule has 2 aromatic carbocycles. The fraction of sp³-hybridized carbons (Fsp3) is 0.429. The predicted molar refractivity (Wildman–Crippen MR) is 181 cm³/mol. The lowest BCUT2D eigenvalue weighted by Crippen LogP contribution is -2.51. The van der Waals surface area contributed by atoms with Crippen molar-refractivity contribution in [3.8, 4) is 0 Å². The first-order valence-electron chi connectivity index (χ1n) is 16.3. The number of nitrogens with zero attached hydrogens (tertiary/aromatic N) is 5. The zero-order valence-electron chi connectivity index (χ0n) is 27.5. The molecule has 47 heavy (non-hydrogen) atoms. The Kier molecular flexibility index (Phi) is 9.60. The number of hydrogen-bond acceptors (Lipinski definition) is 6. The summed E-state index contributed by atoms with van der Waals surface area (Å²) in [4.78, 5) is 34.3. The number of aryl methyl sites for hydroxylation is 1. The first-order valence-corrected chi connectivity index (χ1v) is 20.0. The third-order valence-corrected chi connectivity index (χ3v) is 10.6. The third-order valence-electron chi connectivity index (χ3n) is 8.90. The van der Waals surface area contributed by atoms with E-state index in [2.05, 4.69) is 42.1 Å². The Morgan fingerprint density at radius 1 is 1.13 bits per heavy atom. The van der Waals surface area contributed by atoms with Gasteiger partial charge in [-0.2, -0.15) is 5.10 Å². The number of benzene rings is 2. The predicted octanol–water partition coefficient (Wildman–Crippen LogP) is 7.12. The maximum atomic E-state index is 14.2. The van der Waals surface area contributed by atoms with Crippen molar-refractivity contribution < 1.29 is 23.5 Å². The van der Waals surface area contributed by atoms with Crippen LogP contribution in [0.2, 0.25) is 25.7 Å². The van der Waals surface area contributed by atoms with Crippen LogP contribution >= 0.6 is 0 Å². The Hall–Kier alpha value is -4.29. The van der Waals surface area contributed by atoms with Crippen molar-refractivity contribution in [1.82, 2.24) is 24.6 Å². The van der Waals surface area contributed by atoms with Crippen molar-refractivity contribution in [3.05, 3.63) is 89.1 Å². The number of amides is 3. The number of likely N-dealkylation sites (tertiary alicyclic amines) is 1. The molecule has 4 heterocycles. The Labute approximate surface area is 275 Å². The van der Waals surface area contributed by atoms with E-state index in [0.29, 0.717) is 51.3 Å². The van der Waals surface area contributed by atoms with Gasteiger partial charge in [0, 0.05) is 64.6 Å². The zero-order chi connectivity index (χ0) is 33.1. The number of piperidine rings is 1. The van der Waals surface area contributed by atoms with Gasteiger partial charge in [-0.15, -0.1) is 0 Å². The van der Waals surface area contributed by atoms with E-state index in [1.54, 1.807) is 22.1 Å². The van der Waals surface area contributed by atoms with Gasteiger partial charge in [-0.25, -0.2) is 18.7 Å². The fourth-order valence-electron chi connectivity index (χ4n) is 6.27. The van der Waals surface area contributed by atoms with E-state index in [1.165, 1.54) is 6.07 Å². The van der Waals surface area contributed by atoms with E-state index in [4.69, 9.17) is 14.6 Å². The topological polar surface area (TPSA) is 102 Å². The molecule has 1 saturated heterocycles. The van der Waals surface area contributed by atoms with Crippen molar-refractivity contribution >= 4 is 36.8 Å². The van der Waals surface area contributed by atoms with Crippen molar-refractivity contribution in [2.24, 2.45) is 0 Å². The largest absolute Gasteiger partial charge is 0.439 e. The van der Waals surface area contributed by atoms with Crippen LogP contribution in [-0.2, 0) is 29.2 Å². The number of fused-ring (bicyclic) bond motifs is 2. The molecule has 6 rings (SSSR count). The van der Waals surface area contributed by atoms with Gasteiger partial charge in [-0.1, -0.05) is 43.9 Å². The van der Waals surface area contributed by atoms with E-state index >= 15 is 0 Å². The molecule has 248 valence electrons. The second-order valence-electron chi connectivity index (χ2n) is 13.7. The van der Waals surface area contributed by atoms with Gasteiger partial charge in [0.25, 0.3) is 0 Å². The van der Waals surface area contributed by atoms with E-state index < -0.39 is 26.1 Å². The van der Waals surface area contributed by atoms with Crippen molar-refractivity contribution in [2.45, 2.75) is 77.3 Å². The maximum Gasteiger partial charge on any atom is 0.410 e. The van der Waals surface area contributed by atoms with Crippen LogP contribution in [0.3, 0.4) is 0 Å². The molecular formula is C35H43FN6O4Si. The van der Waals surface area contributed by atoms with Gasteiger partial charge in [-0.3, -0.25) is 4.98 Å². The monoisotopic (exact) mass is 658 g/mol. The van der Waals surface area contributed by atoms with Crippen LogP contribution in [0.5, 0.6) is 0 Å². The van der Waals surface area contributed by atoms with Gasteiger partial charge in [0.1, 0.15) is 18.7 Å². The number of carbonyl (C=O) groups is 2. The molecule has 0 spiro atoms. The highest BCUT2D eigenvalue weighted by molar-refractivity contribution is 6.76. The van der Waals surface area contributed by atoms with Crippen molar-refractivity contribution in [3.63, 3.8) is 0 Å². The number of nitrogens with one attached hydrogen (secondary N) is 1. The SMILES string of the molecule is Cc1cc(CC(OC(=O)N2CCC(N3Cc4cccc(F)c4NC3=O)CC2)c2ccccn2)cc2cn(COCC[Si](C)(C)C)nc12. The zero-order valence-corrected chi connectivity index (χ0v) is 28.5. The standard InChI is InChI=1S/C35H43FN6O4Si/c1-24-18-25(19-27-21-41(39-32(24)27)23-45-16-17-47(2,3)4)20-31(30-10-5-6-13-37-30)46-35(44)40-14-11-28(12-15-40)42-22-26-8-7-9-29(36)33(26)38-34(42)43/h5-10,13,18-19,21,28,31H,11-12,14-17,20,22-23H2,1-4H3,(H,38,43). The van der Waals surface area contributed by atoms with Crippen LogP contribution in [0.1, 0.15) is 41.3 Å². The number of halogens is 1. The minimum atomic E-state index is -1.16. The highest BCUT2D eigenvalue weighted by atomic mass is 28.3. The number of aromatic nitrogens is 3. The number of ether oxygens (including phenoxy) is 2. The molecule has 2 aliphatic rings. The van der Waals surface area contributed by atoms with E-state index in [-0.39, 0.29) is 17.8 Å². The van der Waals surface area contributed by atoms with Crippen LogP contribution in [0.15, 0.2) is 60.9 Å². The molecule has 0 aliphatic carbocycles. The molecule has 12 heteroatoms. The lowest BCUT2D eigenvalue weighted by atomic mass is 10.0. The molecule has 1 fully saturated rings. The fourth-order valence-corrected chi connectivity index (χ4v) is 7.03. The summed E-state index contributed by atoms with van der Waals surface area (Å²) >= 11 is 0. The smallest absolute Gasteiger partial charge is 0.410 e. The van der Waals surface area contributed by atoms with Crippen LogP contribution in [0.4, 0.5) is 19.7 Å². The Bertz CT molecular complexity index is 1740. The van der Waals surface area contributed by atoms with E-state index in [1.807, 2.05) is 42.1 Å². The molecule has 3 amide bonds. The molecular weight excluding hydrogens is 616 g/mol. The first kappa shape index (κ1) is 32.6. The van der Waals surface area contributed by atoms with E-state index in [9.17, 15) is 14.0 Å². The lowest BCUT2D eigenvalue weighted by molar-refractivity contribution is 0.0463. The number of para-hydroxylation sites is 1. The summed E-state index contributed by atoms with van der Waals surface area (Å²) in [5, 5.41) is 8.45. The Morgan fingerprint density at radius 3 is 2.68 bits per heavy atom. The van der Waals surface area contributed by atoms with Crippen LogP contribution < -0.4 is 5.32 Å². The summed E-state index contributed by atoms with van der Waals surface area (Å²) in [7, 11) is -1.16. The summed E-state index contributed by atoms with van der Waals surface area (Å²) in [5.74, 6) is -0.432. The average molecular weight is 659 g/mol. The van der Waals surface area contributed by atoms with Crippen molar-refractivity contribution in [2.75, 3.05) is 25.0 Å². The number of pyridine rings is 1. The summed E-state index contributed by atoms with van der Waals surface area (Å²) in [6.45, 7) is 11.4. The molecule has 1 atom stereocenters. The average Bonchev–Trinajstić information content (AvgIpc) is 3.46. The van der Waals surface area contributed by atoms with Crippen molar-refractivity contribution in [1.29, 1.82) is 0 Å². The Balaban J connectivity index is 1.10. The van der Waals surface area contributed by atoms with Gasteiger partial charge in [0.2, 0.25) is 0 Å². The number of anilines is 1. The Morgan fingerprint density at radius 2 is 1.94 bits per heavy atom. The number of hydrogen-bond donors (Lipinski definition) is 1. The summed E-state index contributed by atoms with van der Waals surface area (Å²) in [5.41, 5.74) is 4.66. The maximum absolute atomic E-state index is 14.2. The second-order valence-corrected chi connectivity index (χ2v) is 19.4. The summed E-state index contributed by atoms with van der Waals surface area (Å²) < 4.78 is 28.1.